The Morgan fingerprint density at radius 2 is 1.66 bits per heavy atom. The highest BCUT2D eigenvalue weighted by atomic mass is 16.6. The number of aromatic nitrogens is 6. The Labute approximate surface area is 326 Å². The SMILES string of the molecule is CC(C)(C)OC(=O)C1CCCCN1Cc1cn(-c2cncc(C(=O)NC3CC(C(=O)N4CCN(c5nc(-c6ccccc6)c6ccccc6n5)CC4)C3)c2)nn1. The van der Waals surface area contributed by atoms with E-state index in [1.807, 2.05) is 62.1 Å². The maximum Gasteiger partial charge on any atom is 0.323 e. The van der Waals surface area contributed by atoms with E-state index in [-0.39, 0.29) is 35.8 Å². The van der Waals surface area contributed by atoms with E-state index < -0.39 is 5.60 Å². The lowest BCUT2D eigenvalue weighted by molar-refractivity contribution is -0.163. The fraction of sp³-hybridized carbons (Fsp3) is 0.429. The van der Waals surface area contributed by atoms with Gasteiger partial charge in [0, 0.05) is 61.8 Å². The predicted molar refractivity (Wildman–Crippen MR) is 211 cm³/mol. The first-order valence-electron chi connectivity index (χ1n) is 19.6. The van der Waals surface area contributed by atoms with Crippen LogP contribution in [0, 0.1) is 5.92 Å². The first kappa shape index (κ1) is 37.2. The normalized spacial score (nSPS) is 20.4. The largest absolute Gasteiger partial charge is 0.459 e. The Hall–Kier alpha value is -5.76. The number of nitrogens with one attached hydrogen (secondary N) is 1. The molecule has 2 aliphatic heterocycles. The zero-order chi connectivity index (χ0) is 38.8. The number of anilines is 1. The molecule has 3 aliphatic rings. The van der Waals surface area contributed by atoms with E-state index in [4.69, 9.17) is 14.7 Å². The number of piperazine rings is 1. The van der Waals surface area contributed by atoms with E-state index >= 15 is 0 Å². The Morgan fingerprint density at radius 1 is 0.893 bits per heavy atom. The minimum atomic E-state index is -0.549. The minimum absolute atomic E-state index is 0.0933. The fourth-order valence-corrected chi connectivity index (χ4v) is 7.81. The van der Waals surface area contributed by atoms with Gasteiger partial charge in [0.1, 0.15) is 11.6 Å². The quantitative estimate of drug-likeness (QED) is 0.206. The van der Waals surface area contributed by atoms with Gasteiger partial charge in [0.15, 0.2) is 0 Å². The lowest BCUT2D eigenvalue weighted by Gasteiger charge is -2.41. The summed E-state index contributed by atoms with van der Waals surface area (Å²) in [6.45, 7) is 9.35. The number of amides is 2. The van der Waals surface area contributed by atoms with Gasteiger partial charge in [-0.3, -0.25) is 24.3 Å². The summed E-state index contributed by atoms with van der Waals surface area (Å²) in [5.41, 5.74) is 4.01. The van der Waals surface area contributed by atoms with E-state index in [0.29, 0.717) is 68.5 Å². The van der Waals surface area contributed by atoms with Crippen molar-refractivity contribution in [3.8, 4) is 16.9 Å². The maximum absolute atomic E-state index is 13.5. The third kappa shape index (κ3) is 8.25. The second-order valence-corrected chi connectivity index (χ2v) is 16.0. The summed E-state index contributed by atoms with van der Waals surface area (Å²) < 4.78 is 7.28. The Morgan fingerprint density at radius 3 is 2.45 bits per heavy atom. The lowest BCUT2D eigenvalue weighted by Crippen LogP contribution is -2.55. The van der Waals surface area contributed by atoms with Crippen molar-refractivity contribution in [2.45, 2.75) is 77.1 Å². The molecule has 8 rings (SSSR count). The van der Waals surface area contributed by atoms with Crippen molar-refractivity contribution in [1.29, 1.82) is 0 Å². The van der Waals surface area contributed by atoms with E-state index in [1.54, 1.807) is 23.1 Å². The summed E-state index contributed by atoms with van der Waals surface area (Å²) in [6, 6.07) is 19.5. The number of nitrogens with zero attached hydrogens (tertiary/aromatic N) is 9. The standard InChI is InChI=1S/C42H48N10O4/c1-42(2,3)56-40(55)36-15-9-10-16-51(36)26-32-27-52(48-47-32)33-23-30(24-43-25-33)38(53)44-31-21-29(22-31)39(54)49-17-19-50(20-18-49)41-45-35-14-8-7-13-34(35)37(46-41)28-11-5-4-6-12-28/h4-8,11-14,23-25,27,29,31,36H,9-10,15-22,26H2,1-3H3,(H,44,53). The van der Waals surface area contributed by atoms with Crippen molar-refractivity contribution >= 4 is 34.6 Å². The number of carbonyl (C=O) groups excluding carboxylic acids is 3. The smallest absolute Gasteiger partial charge is 0.323 e. The van der Waals surface area contributed by atoms with Crippen molar-refractivity contribution in [2.75, 3.05) is 37.6 Å². The summed E-state index contributed by atoms with van der Waals surface area (Å²) in [5.74, 6) is 0.227. The molecule has 0 spiro atoms. The van der Waals surface area contributed by atoms with Crippen LogP contribution in [0.3, 0.4) is 0 Å². The number of hydrogen-bond donors (Lipinski definition) is 1. The Kier molecular flexibility index (Phi) is 10.5. The average molecular weight is 757 g/mol. The topological polar surface area (TPSA) is 152 Å². The van der Waals surface area contributed by atoms with Gasteiger partial charge < -0.3 is 19.9 Å². The molecule has 1 saturated carbocycles. The number of ether oxygens (including phenoxy) is 1. The number of likely N-dealkylation sites (tertiary alicyclic amines) is 1. The zero-order valence-corrected chi connectivity index (χ0v) is 32.2. The number of benzene rings is 2. The molecule has 2 amide bonds. The van der Waals surface area contributed by atoms with E-state index in [0.717, 1.165) is 48.0 Å². The van der Waals surface area contributed by atoms with Gasteiger partial charge in [0.05, 0.1) is 40.5 Å². The van der Waals surface area contributed by atoms with Crippen molar-refractivity contribution in [3.05, 3.63) is 90.5 Å². The van der Waals surface area contributed by atoms with Gasteiger partial charge in [0.2, 0.25) is 11.9 Å². The molecule has 1 N–H and O–H groups in total. The zero-order valence-electron chi connectivity index (χ0n) is 32.2. The van der Waals surface area contributed by atoms with Gasteiger partial charge in [-0.1, -0.05) is 60.2 Å². The van der Waals surface area contributed by atoms with Gasteiger partial charge in [-0.15, -0.1) is 5.10 Å². The number of rotatable bonds is 9. The molecule has 3 aromatic heterocycles. The number of piperidine rings is 1. The van der Waals surface area contributed by atoms with Crippen LogP contribution in [0.4, 0.5) is 5.95 Å². The number of para-hydroxylation sites is 1. The van der Waals surface area contributed by atoms with Crippen LogP contribution in [0.1, 0.15) is 68.9 Å². The third-order valence-corrected chi connectivity index (χ3v) is 10.8. The second-order valence-electron chi connectivity index (χ2n) is 16.0. The van der Waals surface area contributed by atoms with Gasteiger partial charge in [-0.2, -0.15) is 0 Å². The predicted octanol–water partition coefficient (Wildman–Crippen LogP) is 4.83. The summed E-state index contributed by atoms with van der Waals surface area (Å²) in [6.07, 6.45) is 8.88. The highest BCUT2D eigenvalue weighted by Gasteiger charge is 2.39. The number of carbonyl (C=O) groups is 3. The van der Waals surface area contributed by atoms with E-state index in [2.05, 4.69) is 48.6 Å². The molecule has 3 fully saturated rings. The van der Waals surface area contributed by atoms with Crippen molar-refractivity contribution in [2.24, 2.45) is 5.92 Å². The molecule has 0 bridgehead atoms. The van der Waals surface area contributed by atoms with Crippen LogP contribution < -0.4 is 10.2 Å². The van der Waals surface area contributed by atoms with E-state index in [9.17, 15) is 14.4 Å². The Bertz CT molecular complexity index is 2210. The molecule has 1 aliphatic carbocycles. The fourth-order valence-electron chi connectivity index (χ4n) is 7.81. The maximum atomic E-state index is 13.5. The van der Waals surface area contributed by atoms with Crippen LogP contribution >= 0.6 is 0 Å². The lowest BCUT2D eigenvalue weighted by atomic mass is 9.79. The number of fused-ring (bicyclic) bond motifs is 1. The van der Waals surface area contributed by atoms with Crippen LogP contribution in [0.2, 0.25) is 0 Å². The number of hydrogen-bond acceptors (Lipinski definition) is 11. The van der Waals surface area contributed by atoms with Gasteiger partial charge >= 0.3 is 5.97 Å². The minimum Gasteiger partial charge on any atom is -0.459 e. The van der Waals surface area contributed by atoms with E-state index in [1.165, 1.54) is 6.20 Å². The van der Waals surface area contributed by atoms with Crippen LogP contribution in [0.15, 0.2) is 79.3 Å². The van der Waals surface area contributed by atoms with Crippen molar-refractivity contribution in [1.82, 2.24) is 45.1 Å². The van der Waals surface area contributed by atoms with Crippen LogP contribution in [-0.4, -0.2) is 108 Å². The molecule has 14 nitrogen and oxygen atoms in total. The second kappa shape index (κ2) is 15.8. The van der Waals surface area contributed by atoms with Crippen LogP contribution in [0.5, 0.6) is 0 Å². The highest BCUT2D eigenvalue weighted by molar-refractivity contribution is 5.95. The first-order valence-corrected chi connectivity index (χ1v) is 19.6. The molecule has 290 valence electrons. The summed E-state index contributed by atoms with van der Waals surface area (Å²) >= 11 is 0. The van der Waals surface area contributed by atoms with Crippen LogP contribution in [-0.2, 0) is 20.9 Å². The van der Waals surface area contributed by atoms with Gasteiger partial charge in [-0.05, 0) is 65.1 Å². The summed E-state index contributed by atoms with van der Waals surface area (Å²) in [7, 11) is 0. The molecular weight excluding hydrogens is 709 g/mol. The molecule has 14 heteroatoms. The third-order valence-electron chi connectivity index (χ3n) is 10.8. The van der Waals surface area contributed by atoms with Gasteiger partial charge in [0.25, 0.3) is 5.91 Å². The molecule has 1 unspecified atom stereocenters. The van der Waals surface area contributed by atoms with Crippen LogP contribution in [0.25, 0.3) is 27.8 Å². The molecule has 5 heterocycles. The molecule has 2 saturated heterocycles. The molecular formula is C42H48N10O4. The molecule has 1 atom stereocenters. The molecule has 5 aromatic rings. The van der Waals surface area contributed by atoms with Crippen molar-refractivity contribution < 1.29 is 19.1 Å². The number of pyridine rings is 1. The average Bonchev–Trinajstić information content (AvgIpc) is 3.67. The monoisotopic (exact) mass is 756 g/mol. The summed E-state index contributed by atoms with van der Waals surface area (Å²) in [4.78, 5) is 60.1. The highest BCUT2D eigenvalue weighted by Crippen LogP contribution is 2.32. The molecule has 2 aromatic carbocycles. The summed E-state index contributed by atoms with van der Waals surface area (Å²) in [5, 5.41) is 12.7. The number of esters is 1. The Balaban J connectivity index is 0.828. The van der Waals surface area contributed by atoms with Gasteiger partial charge in [-0.25, -0.2) is 14.6 Å². The molecule has 0 radical (unpaired) electrons. The van der Waals surface area contributed by atoms with Crippen molar-refractivity contribution in [3.63, 3.8) is 0 Å². The molecule has 56 heavy (non-hydrogen) atoms. The first-order chi connectivity index (χ1) is 27.1.